The number of methoxy groups -OCH3 is 2. The first-order valence-electron chi connectivity index (χ1n) is 13.0. The average molecular weight is 556 g/mol. The van der Waals surface area contributed by atoms with Gasteiger partial charge in [0.15, 0.2) is 13.9 Å². The van der Waals surface area contributed by atoms with E-state index in [2.05, 4.69) is 33.9 Å². The van der Waals surface area contributed by atoms with Crippen LogP contribution in [0.15, 0.2) is 66.2 Å². The molecule has 1 heterocycles. The van der Waals surface area contributed by atoms with E-state index in [1.807, 2.05) is 42.5 Å². The fourth-order valence-corrected chi connectivity index (χ4v) is 5.19. The van der Waals surface area contributed by atoms with Crippen LogP contribution < -0.4 is 4.74 Å². The number of likely N-dealkylation sites (tertiary alicyclic amines) is 1. The largest absolute Gasteiger partial charge is 0.497 e. The molecule has 2 unspecified atom stereocenters. The lowest BCUT2D eigenvalue weighted by Gasteiger charge is -2.37. The van der Waals surface area contributed by atoms with Crippen molar-refractivity contribution in [3.05, 3.63) is 77.4 Å². The van der Waals surface area contributed by atoms with Gasteiger partial charge >= 0.3 is 5.97 Å². The van der Waals surface area contributed by atoms with E-state index in [4.69, 9.17) is 18.6 Å². The Bertz CT molecular complexity index is 1160. The van der Waals surface area contributed by atoms with Gasteiger partial charge in [-0.05, 0) is 47.5 Å². The Labute approximate surface area is 232 Å². The fraction of sp³-hybridized carbons (Fsp3) is 0.467. The van der Waals surface area contributed by atoms with Crippen LogP contribution in [0.5, 0.6) is 5.75 Å². The third kappa shape index (κ3) is 6.61. The second kappa shape index (κ2) is 12.5. The molecule has 212 valence electrons. The standard InChI is InChI=1S/C30H41NO7Si/c1-29(2,3)39(6,7)38-18-17-25-26(32)30(28(34)36-5,21-37-20-23-11-9-8-10-12-23)31(27(25)33)19-22-13-15-24(35-4)16-14-22/h8-17,26,32H,18-21H2,1-7H3/b25-17+. The van der Waals surface area contributed by atoms with Crippen LogP contribution in [0, 0.1) is 0 Å². The summed E-state index contributed by atoms with van der Waals surface area (Å²) in [7, 11) is 0.706. The Morgan fingerprint density at radius 1 is 1.05 bits per heavy atom. The number of hydrogen-bond acceptors (Lipinski definition) is 7. The molecule has 2 atom stereocenters. The van der Waals surface area contributed by atoms with Crippen LogP contribution in [0.1, 0.15) is 31.9 Å². The van der Waals surface area contributed by atoms with E-state index >= 15 is 0 Å². The number of benzene rings is 2. The first kappa shape index (κ1) is 30.6. The summed E-state index contributed by atoms with van der Waals surface area (Å²) in [6.07, 6.45) is 0.116. The number of ether oxygens (including phenoxy) is 3. The van der Waals surface area contributed by atoms with Gasteiger partial charge in [-0.1, -0.05) is 63.2 Å². The molecule has 0 aromatic heterocycles. The zero-order valence-electron chi connectivity index (χ0n) is 24.0. The molecule has 0 spiro atoms. The zero-order chi connectivity index (χ0) is 28.8. The molecule has 2 aromatic carbocycles. The molecule has 1 aliphatic heterocycles. The molecule has 0 saturated carbocycles. The molecule has 1 N–H and O–H groups in total. The van der Waals surface area contributed by atoms with Crippen molar-refractivity contribution in [1.82, 2.24) is 4.90 Å². The second-order valence-corrected chi connectivity index (χ2v) is 16.1. The summed E-state index contributed by atoms with van der Waals surface area (Å²) in [6, 6.07) is 16.7. The van der Waals surface area contributed by atoms with Gasteiger partial charge in [-0.2, -0.15) is 0 Å². The predicted octanol–water partition coefficient (Wildman–Crippen LogP) is 4.48. The Hall–Kier alpha value is -2.98. The maximum absolute atomic E-state index is 13.8. The Kier molecular flexibility index (Phi) is 9.77. The van der Waals surface area contributed by atoms with E-state index in [-0.39, 0.29) is 37.0 Å². The van der Waals surface area contributed by atoms with E-state index < -0.39 is 31.8 Å². The fourth-order valence-electron chi connectivity index (χ4n) is 4.25. The molecule has 3 rings (SSSR count). The van der Waals surface area contributed by atoms with Crippen molar-refractivity contribution in [3.63, 3.8) is 0 Å². The third-order valence-electron chi connectivity index (χ3n) is 7.75. The van der Waals surface area contributed by atoms with Crippen LogP contribution in [0.3, 0.4) is 0 Å². The quantitative estimate of drug-likeness (QED) is 0.248. The van der Waals surface area contributed by atoms with Gasteiger partial charge < -0.3 is 28.6 Å². The van der Waals surface area contributed by atoms with E-state index in [1.54, 1.807) is 25.3 Å². The van der Waals surface area contributed by atoms with E-state index in [0.717, 1.165) is 11.1 Å². The highest BCUT2D eigenvalue weighted by Gasteiger charge is 2.61. The van der Waals surface area contributed by atoms with E-state index in [9.17, 15) is 14.7 Å². The number of carbonyl (C=O) groups excluding carboxylic acids is 2. The number of hydrogen-bond donors (Lipinski definition) is 1. The van der Waals surface area contributed by atoms with Crippen LogP contribution in [0.4, 0.5) is 0 Å². The molecule has 0 bridgehead atoms. The summed E-state index contributed by atoms with van der Waals surface area (Å²) in [4.78, 5) is 28.6. The van der Waals surface area contributed by atoms with Crippen LogP contribution in [-0.2, 0) is 36.6 Å². The topological polar surface area (TPSA) is 94.5 Å². The van der Waals surface area contributed by atoms with Crippen LogP contribution in [0.2, 0.25) is 18.1 Å². The number of aliphatic hydroxyl groups excluding tert-OH is 1. The summed E-state index contributed by atoms with van der Waals surface area (Å²) in [5.74, 6) is -0.551. The first-order valence-corrected chi connectivity index (χ1v) is 16.0. The van der Waals surface area contributed by atoms with Crippen molar-refractivity contribution in [3.8, 4) is 5.75 Å². The lowest BCUT2D eigenvalue weighted by molar-refractivity contribution is -0.169. The van der Waals surface area contributed by atoms with Crippen LogP contribution in [0.25, 0.3) is 0 Å². The maximum atomic E-state index is 13.8. The van der Waals surface area contributed by atoms with Gasteiger partial charge in [-0.25, -0.2) is 4.79 Å². The van der Waals surface area contributed by atoms with Crippen molar-refractivity contribution in [2.24, 2.45) is 0 Å². The second-order valence-electron chi connectivity index (χ2n) is 11.3. The minimum Gasteiger partial charge on any atom is -0.497 e. The van der Waals surface area contributed by atoms with Gasteiger partial charge in [0.2, 0.25) is 0 Å². The Balaban J connectivity index is 1.97. The molecule has 39 heavy (non-hydrogen) atoms. The molecule has 8 nitrogen and oxygen atoms in total. The lowest BCUT2D eigenvalue weighted by atomic mass is 9.91. The van der Waals surface area contributed by atoms with Gasteiger partial charge in [0.25, 0.3) is 5.91 Å². The normalized spacial score (nSPS) is 20.9. The number of nitrogens with zero attached hydrogens (tertiary/aromatic N) is 1. The average Bonchev–Trinajstić information content (AvgIpc) is 3.10. The molecule has 0 radical (unpaired) electrons. The highest BCUT2D eigenvalue weighted by Crippen LogP contribution is 2.39. The van der Waals surface area contributed by atoms with Crippen LogP contribution in [-0.4, -0.2) is 69.3 Å². The van der Waals surface area contributed by atoms with Crippen LogP contribution >= 0.6 is 0 Å². The van der Waals surface area contributed by atoms with Gasteiger partial charge in [-0.15, -0.1) is 0 Å². The smallest absolute Gasteiger partial charge is 0.337 e. The summed E-state index contributed by atoms with van der Waals surface area (Å²) in [5.41, 5.74) is -0.0254. The van der Waals surface area contributed by atoms with Crippen molar-refractivity contribution in [1.29, 1.82) is 0 Å². The number of rotatable bonds is 11. The van der Waals surface area contributed by atoms with Gasteiger partial charge in [0.1, 0.15) is 11.9 Å². The Morgan fingerprint density at radius 3 is 2.26 bits per heavy atom. The highest BCUT2D eigenvalue weighted by molar-refractivity contribution is 6.74. The van der Waals surface area contributed by atoms with Crippen molar-refractivity contribution < 1.29 is 33.3 Å². The summed E-state index contributed by atoms with van der Waals surface area (Å²) in [6.45, 7) is 10.8. The highest BCUT2D eigenvalue weighted by atomic mass is 28.4. The molecular formula is C30H41NO7Si. The maximum Gasteiger partial charge on any atom is 0.337 e. The van der Waals surface area contributed by atoms with Gasteiger partial charge in [0.05, 0.1) is 34.0 Å². The number of carbonyl (C=O) groups is 2. The molecule has 1 aliphatic rings. The minimum atomic E-state index is -2.11. The monoisotopic (exact) mass is 555 g/mol. The third-order valence-corrected chi connectivity index (χ3v) is 12.2. The number of amides is 1. The van der Waals surface area contributed by atoms with E-state index in [1.165, 1.54) is 12.0 Å². The van der Waals surface area contributed by atoms with Crippen molar-refractivity contribution in [2.45, 2.75) is 63.7 Å². The Morgan fingerprint density at radius 2 is 1.69 bits per heavy atom. The number of esters is 1. The minimum absolute atomic E-state index is 0.0226. The molecular weight excluding hydrogens is 514 g/mol. The van der Waals surface area contributed by atoms with Gasteiger partial charge in [0, 0.05) is 12.1 Å². The SMILES string of the molecule is COC(=O)C1(COCc2ccccc2)C(O)/C(=C\CO[Si](C)(C)C(C)(C)C)C(=O)N1Cc1ccc(OC)cc1. The van der Waals surface area contributed by atoms with E-state index in [0.29, 0.717) is 5.75 Å². The molecule has 1 fully saturated rings. The number of aliphatic hydroxyl groups is 1. The predicted molar refractivity (Wildman–Crippen MR) is 152 cm³/mol. The molecule has 9 heteroatoms. The van der Waals surface area contributed by atoms with Crippen molar-refractivity contribution >= 4 is 20.2 Å². The molecule has 0 aliphatic carbocycles. The summed E-state index contributed by atoms with van der Waals surface area (Å²) in [5, 5.41) is 11.6. The molecule has 1 amide bonds. The summed E-state index contributed by atoms with van der Waals surface area (Å²) < 4.78 is 22.6. The lowest BCUT2D eigenvalue weighted by Crippen LogP contribution is -2.60. The summed E-state index contributed by atoms with van der Waals surface area (Å²) >= 11 is 0. The first-order chi connectivity index (χ1) is 18.4. The van der Waals surface area contributed by atoms with Gasteiger partial charge in [-0.3, -0.25) is 4.79 Å². The molecule has 1 saturated heterocycles. The van der Waals surface area contributed by atoms with Crippen molar-refractivity contribution in [2.75, 3.05) is 27.4 Å². The zero-order valence-corrected chi connectivity index (χ0v) is 25.0. The molecule has 2 aromatic rings.